The predicted octanol–water partition coefficient (Wildman–Crippen LogP) is 2.73. The van der Waals surface area contributed by atoms with E-state index < -0.39 is 0 Å². The number of nitrogens with zero attached hydrogens (tertiary/aromatic N) is 4. The maximum atomic E-state index is 12.7. The number of carbonyl (C=O) groups is 1. The fourth-order valence-electron chi connectivity index (χ4n) is 3.41. The van der Waals surface area contributed by atoms with E-state index in [9.17, 15) is 4.79 Å². The zero-order valence-electron chi connectivity index (χ0n) is 16.1. The Morgan fingerprint density at radius 1 is 1.36 bits per heavy atom. The third-order valence-corrected chi connectivity index (χ3v) is 5.90. The zero-order valence-corrected chi connectivity index (χ0v) is 17.0. The Hall–Kier alpha value is -2.68. The van der Waals surface area contributed by atoms with Gasteiger partial charge in [0.2, 0.25) is 5.27 Å². The van der Waals surface area contributed by atoms with Crippen molar-refractivity contribution < 1.29 is 14.1 Å². The van der Waals surface area contributed by atoms with Gasteiger partial charge in [0.15, 0.2) is 0 Å². The first kappa shape index (κ1) is 18.7. The van der Waals surface area contributed by atoms with E-state index in [0.29, 0.717) is 22.4 Å². The van der Waals surface area contributed by atoms with Gasteiger partial charge < -0.3 is 5.73 Å². The van der Waals surface area contributed by atoms with Gasteiger partial charge in [-0.3, -0.25) is 14.6 Å². The number of carbonyl (C=O) groups excluding carboxylic acids is 1. The first-order valence-electron chi connectivity index (χ1n) is 9.64. The average molecular weight is 402 g/mol. The summed E-state index contributed by atoms with van der Waals surface area (Å²) < 4.78 is 5.27. The van der Waals surface area contributed by atoms with Crippen LogP contribution < -0.4 is 20.9 Å². The number of nitrogens with one attached hydrogen (secondary N) is 1. The van der Waals surface area contributed by atoms with Crippen molar-refractivity contribution in [1.82, 2.24) is 10.3 Å². The van der Waals surface area contributed by atoms with Crippen LogP contribution in [0.15, 0.2) is 22.9 Å². The molecule has 0 aliphatic carbocycles. The van der Waals surface area contributed by atoms with Crippen LogP contribution in [0.5, 0.6) is 0 Å². The van der Waals surface area contributed by atoms with Gasteiger partial charge in [0.1, 0.15) is 9.71 Å². The average Bonchev–Trinajstić information content (AvgIpc) is 3.26. The Morgan fingerprint density at radius 3 is 2.89 bits per heavy atom. The van der Waals surface area contributed by atoms with Crippen molar-refractivity contribution in [3.05, 3.63) is 28.9 Å². The van der Waals surface area contributed by atoms with Crippen LogP contribution in [0.4, 0.5) is 11.6 Å². The Kier molecular flexibility index (Phi) is 5.17. The molecule has 1 fully saturated rings. The van der Waals surface area contributed by atoms with Crippen molar-refractivity contribution in [2.45, 2.75) is 39.5 Å². The van der Waals surface area contributed by atoms with E-state index >= 15 is 0 Å². The van der Waals surface area contributed by atoms with Crippen LogP contribution in [0, 0.1) is 5.92 Å². The summed E-state index contributed by atoms with van der Waals surface area (Å²) >= 11 is 1.30. The second kappa shape index (κ2) is 7.75. The lowest BCUT2D eigenvalue weighted by atomic mass is 10.1. The molecule has 0 bridgehead atoms. The van der Waals surface area contributed by atoms with E-state index in [-0.39, 0.29) is 5.91 Å². The van der Waals surface area contributed by atoms with Crippen molar-refractivity contribution in [2.75, 3.05) is 29.1 Å². The molecule has 28 heavy (non-hydrogen) atoms. The molecule has 0 unspecified atom stereocenters. The molecule has 1 aliphatic heterocycles. The van der Waals surface area contributed by atoms with E-state index in [4.69, 9.17) is 10.3 Å². The highest BCUT2D eigenvalue weighted by Gasteiger charge is 2.25. The summed E-state index contributed by atoms with van der Waals surface area (Å²) in [4.78, 5) is 20.3. The van der Waals surface area contributed by atoms with Gasteiger partial charge in [0.05, 0.1) is 23.6 Å². The van der Waals surface area contributed by atoms with Crippen molar-refractivity contribution in [2.24, 2.45) is 5.92 Å². The molecule has 3 N–H and O–H groups in total. The topological polar surface area (TPSA) is 101 Å². The number of pyridine rings is 1. The number of fused-ring (bicyclic) bond motifs is 1. The molecule has 0 saturated carbocycles. The number of nitrogens with two attached hydrogens (primary N) is 1. The van der Waals surface area contributed by atoms with Crippen LogP contribution in [0.25, 0.3) is 10.2 Å². The Morgan fingerprint density at radius 2 is 2.14 bits per heavy atom. The third-order valence-electron chi connectivity index (χ3n) is 4.79. The van der Waals surface area contributed by atoms with Crippen molar-refractivity contribution in [3.8, 4) is 0 Å². The quantitative estimate of drug-likeness (QED) is 0.638. The molecule has 0 radical (unpaired) electrons. The molecule has 1 amide bonds. The van der Waals surface area contributed by atoms with Gasteiger partial charge in [-0.2, -0.15) is 5.01 Å². The number of aromatic nitrogens is 3. The number of anilines is 2. The van der Waals surface area contributed by atoms with Crippen molar-refractivity contribution >= 4 is 39.0 Å². The summed E-state index contributed by atoms with van der Waals surface area (Å²) in [7, 11) is 0. The molecule has 8 nitrogen and oxygen atoms in total. The van der Waals surface area contributed by atoms with E-state index in [1.807, 2.05) is 12.1 Å². The van der Waals surface area contributed by atoms with Crippen LogP contribution in [0.1, 0.15) is 48.5 Å². The number of thiophene rings is 1. The predicted molar refractivity (Wildman–Crippen MR) is 109 cm³/mol. The lowest BCUT2D eigenvalue weighted by Gasteiger charge is -2.17. The minimum Gasteiger partial charge on any atom is -0.397 e. The number of piperidine rings is 1. The normalized spacial score (nSPS) is 14.8. The lowest BCUT2D eigenvalue weighted by molar-refractivity contribution is -0.759. The fourth-order valence-corrected chi connectivity index (χ4v) is 4.42. The number of amides is 1. The molecule has 0 atom stereocenters. The van der Waals surface area contributed by atoms with E-state index in [2.05, 4.69) is 34.4 Å². The van der Waals surface area contributed by atoms with Gasteiger partial charge in [-0.15, -0.1) is 11.3 Å². The van der Waals surface area contributed by atoms with Gasteiger partial charge in [0.25, 0.3) is 12.1 Å². The van der Waals surface area contributed by atoms with Gasteiger partial charge in [0, 0.05) is 11.1 Å². The summed E-state index contributed by atoms with van der Waals surface area (Å²) in [6, 6.07) is 3.92. The molecule has 0 aromatic carbocycles. The smallest absolute Gasteiger partial charge is 0.306 e. The van der Waals surface area contributed by atoms with Crippen LogP contribution >= 0.6 is 11.3 Å². The maximum Gasteiger partial charge on any atom is 0.306 e. The van der Waals surface area contributed by atoms with Gasteiger partial charge in [-0.25, -0.2) is 4.98 Å². The lowest BCUT2D eigenvalue weighted by Crippen LogP contribution is -2.60. The largest absolute Gasteiger partial charge is 0.397 e. The second-order valence-electron chi connectivity index (χ2n) is 7.55. The molecule has 4 rings (SSSR count). The highest BCUT2D eigenvalue weighted by Crippen LogP contribution is 2.33. The SMILES string of the molecule is CC(C)Cc1ccc2c(N)c(C(=O)Nc3c[n+](N4CCCCC4)no3)sc2n1. The van der Waals surface area contributed by atoms with Gasteiger partial charge in [-0.1, -0.05) is 13.8 Å². The minimum atomic E-state index is -0.312. The summed E-state index contributed by atoms with van der Waals surface area (Å²) in [6.45, 7) is 6.17. The number of hydrogen-bond donors (Lipinski definition) is 2. The van der Waals surface area contributed by atoms with Gasteiger partial charge >= 0.3 is 5.88 Å². The molecule has 1 aliphatic rings. The number of hydrogen-bond acceptors (Lipinski definition) is 7. The van der Waals surface area contributed by atoms with Gasteiger partial charge in [-0.05, 0) is 43.7 Å². The molecule has 3 aromatic rings. The zero-order chi connectivity index (χ0) is 19.7. The number of rotatable bonds is 5. The molecule has 148 valence electrons. The van der Waals surface area contributed by atoms with Crippen molar-refractivity contribution in [1.29, 1.82) is 0 Å². The molecule has 1 saturated heterocycles. The highest BCUT2D eigenvalue weighted by molar-refractivity contribution is 7.21. The molecule has 0 spiro atoms. The molecule has 4 heterocycles. The van der Waals surface area contributed by atoms with E-state index in [1.54, 1.807) is 11.0 Å². The molecular formula is C19H25N6O2S+. The first-order chi connectivity index (χ1) is 13.5. The molecule has 3 aromatic heterocycles. The maximum absolute atomic E-state index is 12.7. The van der Waals surface area contributed by atoms with E-state index in [0.717, 1.165) is 48.3 Å². The van der Waals surface area contributed by atoms with Crippen LogP contribution in [0.3, 0.4) is 0 Å². The van der Waals surface area contributed by atoms with Crippen LogP contribution in [-0.2, 0) is 6.42 Å². The Bertz CT molecular complexity index is 990. The fraction of sp³-hybridized carbons (Fsp3) is 0.474. The standard InChI is InChI=1S/C19H24N6O2S/c1-12(2)10-13-6-7-14-16(20)17(28-19(14)21-13)18(26)22-15-11-25(23-27-15)24-8-4-3-5-9-24/h6-7,11-12H,3-5,8-10H2,1-2H3,(H2-,20,22,23,26)/p+1. The summed E-state index contributed by atoms with van der Waals surface area (Å²) in [5, 5.41) is 9.66. The monoisotopic (exact) mass is 401 g/mol. The van der Waals surface area contributed by atoms with Crippen LogP contribution in [0.2, 0.25) is 0 Å². The highest BCUT2D eigenvalue weighted by atomic mass is 32.1. The second-order valence-corrected chi connectivity index (χ2v) is 8.55. The van der Waals surface area contributed by atoms with Crippen LogP contribution in [-0.4, -0.2) is 29.3 Å². The first-order valence-corrected chi connectivity index (χ1v) is 10.5. The third kappa shape index (κ3) is 3.80. The van der Waals surface area contributed by atoms with E-state index in [1.165, 1.54) is 17.8 Å². The number of nitrogen functional groups attached to an aromatic ring is 1. The minimum absolute atomic E-state index is 0.292. The molecule has 9 heteroatoms. The van der Waals surface area contributed by atoms with Crippen molar-refractivity contribution in [3.63, 3.8) is 0 Å². The summed E-state index contributed by atoms with van der Waals surface area (Å²) in [6.07, 6.45) is 6.07. The summed E-state index contributed by atoms with van der Waals surface area (Å²) in [5.41, 5.74) is 7.67. The Balaban J connectivity index is 1.52. The Labute approximate surface area is 167 Å². The molecular weight excluding hydrogens is 376 g/mol. The summed E-state index contributed by atoms with van der Waals surface area (Å²) in [5.74, 6) is 0.497.